The predicted octanol–water partition coefficient (Wildman–Crippen LogP) is 4.44. The minimum absolute atomic E-state index is 0.145. The van der Waals surface area contributed by atoms with Crippen LogP contribution in [-0.2, 0) is 0 Å². The van der Waals surface area contributed by atoms with E-state index in [1.54, 1.807) is 12.1 Å². The molecular weight excluding hydrogens is 244 g/mol. The third-order valence-electron chi connectivity index (χ3n) is 4.21. The third kappa shape index (κ3) is 3.75. The fraction of sp³-hybridized carbons (Fsp3) is 0.625. The summed E-state index contributed by atoms with van der Waals surface area (Å²) in [6.45, 7) is 5.08. The van der Waals surface area contributed by atoms with Crippen molar-refractivity contribution in [2.75, 3.05) is 6.54 Å². The van der Waals surface area contributed by atoms with Crippen molar-refractivity contribution in [3.8, 4) is 0 Å². The number of hydrogen-bond donors (Lipinski definition) is 1. The largest absolute Gasteiger partial charge is 0.310 e. The van der Waals surface area contributed by atoms with Crippen LogP contribution in [-0.4, -0.2) is 6.54 Å². The monoisotopic (exact) mass is 267 g/mol. The van der Waals surface area contributed by atoms with E-state index in [9.17, 15) is 8.78 Å². The van der Waals surface area contributed by atoms with Gasteiger partial charge in [-0.3, -0.25) is 0 Å². The van der Waals surface area contributed by atoms with Gasteiger partial charge >= 0.3 is 0 Å². The van der Waals surface area contributed by atoms with E-state index in [-0.39, 0.29) is 6.04 Å². The Balaban J connectivity index is 1.90. The van der Waals surface area contributed by atoms with Gasteiger partial charge in [-0.05, 0) is 44.2 Å². The van der Waals surface area contributed by atoms with Crippen LogP contribution < -0.4 is 5.32 Å². The second-order valence-electron chi connectivity index (χ2n) is 5.91. The zero-order chi connectivity index (χ0) is 13.8. The summed E-state index contributed by atoms with van der Waals surface area (Å²) in [5.74, 6) is -0.0264. The summed E-state index contributed by atoms with van der Waals surface area (Å²) in [6.07, 6.45) is 5.10. The Kier molecular flexibility index (Phi) is 4.92. The number of benzene rings is 1. The van der Waals surface area contributed by atoms with Crippen molar-refractivity contribution in [3.05, 3.63) is 35.4 Å². The summed E-state index contributed by atoms with van der Waals surface area (Å²) >= 11 is 0. The summed E-state index contributed by atoms with van der Waals surface area (Å²) in [6, 6.07) is 4.23. The van der Waals surface area contributed by atoms with Crippen molar-refractivity contribution in [1.82, 2.24) is 5.32 Å². The van der Waals surface area contributed by atoms with Gasteiger partial charge in [0, 0.05) is 11.6 Å². The summed E-state index contributed by atoms with van der Waals surface area (Å²) < 4.78 is 26.8. The van der Waals surface area contributed by atoms with Gasteiger partial charge < -0.3 is 5.32 Å². The molecule has 0 bridgehead atoms. The van der Waals surface area contributed by atoms with Crippen molar-refractivity contribution in [3.63, 3.8) is 0 Å². The molecule has 3 unspecified atom stereocenters. The van der Waals surface area contributed by atoms with Crippen LogP contribution in [0.4, 0.5) is 8.78 Å². The maximum Gasteiger partial charge on any atom is 0.163 e. The van der Waals surface area contributed by atoms with Gasteiger partial charge in [-0.1, -0.05) is 31.9 Å². The summed E-state index contributed by atoms with van der Waals surface area (Å²) in [4.78, 5) is 0. The molecule has 1 saturated carbocycles. The first-order valence-corrected chi connectivity index (χ1v) is 7.25. The molecule has 3 atom stereocenters. The molecule has 1 N–H and O–H groups in total. The number of halogens is 2. The van der Waals surface area contributed by atoms with E-state index in [1.165, 1.54) is 25.7 Å². The van der Waals surface area contributed by atoms with Gasteiger partial charge in [0.1, 0.15) is 0 Å². The number of hydrogen-bond acceptors (Lipinski definition) is 1. The lowest BCUT2D eigenvalue weighted by molar-refractivity contribution is 0.268. The van der Waals surface area contributed by atoms with E-state index in [1.807, 2.05) is 6.92 Å². The van der Waals surface area contributed by atoms with Crippen LogP contribution in [0.1, 0.15) is 51.1 Å². The van der Waals surface area contributed by atoms with E-state index in [2.05, 4.69) is 12.2 Å². The molecule has 1 aromatic rings. The first-order valence-electron chi connectivity index (χ1n) is 7.25. The Labute approximate surface area is 114 Å². The van der Waals surface area contributed by atoms with Crippen LogP contribution >= 0.6 is 0 Å². The van der Waals surface area contributed by atoms with E-state index in [4.69, 9.17) is 0 Å². The summed E-state index contributed by atoms with van der Waals surface area (Å²) in [5, 5.41) is 3.35. The second kappa shape index (κ2) is 6.47. The van der Waals surface area contributed by atoms with E-state index in [0.29, 0.717) is 11.5 Å². The highest BCUT2D eigenvalue weighted by Gasteiger charge is 2.20. The van der Waals surface area contributed by atoms with Crippen LogP contribution in [0.25, 0.3) is 0 Å². The number of rotatable bonds is 4. The van der Waals surface area contributed by atoms with E-state index >= 15 is 0 Å². The van der Waals surface area contributed by atoms with Crippen molar-refractivity contribution < 1.29 is 8.78 Å². The molecule has 0 spiro atoms. The zero-order valence-electron chi connectivity index (χ0n) is 11.8. The van der Waals surface area contributed by atoms with Crippen LogP contribution in [0.15, 0.2) is 18.2 Å². The lowest BCUT2D eigenvalue weighted by atomic mass is 9.82. The van der Waals surface area contributed by atoms with Gasteiger partial charge in [-0.2, -0.15) is 0 Å². The molecule has 0 amide bonds. The normalized spacial score (nSPS) is 25.3. The summed E-state index contributed by atoms with van der Waals surface area (Å²) in [5.41, 5.74) is 0.420. The molecule has 0 heterocycles. The molecule has 0 radical (unpaired) electrons. The third-order valence-corrected chi connectivity index (χ3v) is 4.21. The van der Waals surface area contributed by atoms with E-state index < -0.39 is 11.6 Å². The molecular formula is C16H23F2N. The SMILES string of the molecule is CC1CCCC(CNC(C)c2cccc(F)c2F)C1. The van der Waals surface area contributed by atoms with Crippen LogP contribution in [0.3, 0.4) is 0 Å². The smallest absolute Gasteiger partial charge is 0.163 e. The fourth-order valence-electron chi connectivity index (χ4n) is 3.05. The molecule has 1 nitrogen and oxygen atoms in total. The van der Waals surface area contributed by atoms with Gasteiger partial charge in [0.15, 0.2) is 11.6 Å². The molecule has 3 heteroatoms. The van der Waals surface area contributed by atoms with Gasteiger partial charge in [-0.25, -0.2) is 8.78 Å². The highest BCUT2D eigenvalue weighted by Crippen LogP contribution is 2.28. The van der Waals surface area contributed by atoms with Crippen LogP contribution in [0.5, 0.6) is 0 Å². The first-order chi connectivity index (χ1) is 9.08. The maximum atomic E-state index is 13.7. The molecule has 1 aliphatic carbocycles. The van der Waals surface area contributed by atoms with Gasteiger partial charge in [0.25, 0.3) is 0 Å². The fourth-order valence-corrected chi connectivity index (χ4v) is 3.05. The second-order valence-corrected chi connectivity index (χ2v) is 5.91. The Bertz CT molecular complexity index is 419. The minimum Gasteiger partial charge on any atom is -0.310 e. The Morgan fingerprint density at radius 2 is 2.11 bits per heavy atom. The molecule has 0 aromatic heterocycles. The molecule has 1 aliphatic rings. The predicted molar refractivity (Wildman–Crippen MR) is 73.9 cm³/mol. The van der Waals surface area contributed by atoms with Crippen LogP contribution in [0.2, 0.25) is 0 Å². The average molecular weight is 267 g/mol. The van der Waals surface area contributed by atoms with Gasteiger partial charge in [0.05, 0.1) is 0 Å². The molecule has 106 valence electrons. The molecule has 0 aliphatic heterocycles. The highest BCUT2D eigenvalue weighted by molar-refractivity contribution is 5.21. The van der Waals surface area contributed by atoms with Crippen molar-refractivity contribution in [2.45, 2.75) is 45.6 Å². The topological polar surface area (TPSA) is 12.0 Å². The van der Waals surface area contributed by atoms with Crippen molar-refractivity contribution in [2.24, 2.45) is 11.8 Å². The molecule has 0 saturated heterocycles. The van der Waals surface area contributed by atoms with Crippen molar-refractivity contribution in [1.29, 1.82) is 0 Å². The molecule has 2 rings (SSSR count). The number of nitrogens with one attached hydrogen (secondary N) is 1. The standard InChI is InChI=1S/C16H23F2N/c1-11-5-3-6-13(9-11)10-19-12(2)14-7-4-8-15(17)16(14)18/h4,7-8,11-13,19H,3,5-6,9-10H2,1-2H3. The Morgan fingerprint density at radius 1 is 1.32 bits per heavy atom. The van der Waals surface area contributed by atoms with E-state index in [0.717, 1.165) is 18.5 Å². The lowest BCUT2D eigenvalue weighted by Gasteiger charge is -2.28. The minimum atomic E-state index is -0.766. The lowest BCUT2D eigenvalue weighted by Crippen LogP contribution is -2.29. The van der Waals surface area contributed by atoms with Gasteiger partial charge in [0.2, 0.25) is 0 Å². The quantitative estimate of drug-likeness (QED) is 0.850. The first kappa shape index (κ1) is 14.4. The molecule has 1 fully saturated rings. The molecule has 1 aromatic carbocycles. The Hall–Kier alpha value is -0.960. The maximum absolute atomic E-state index is 13.7. The average Bonchev–Trinajstić information content (AvgIpc) is 2.39. The van der Waals surface area contributed by atoms with Gasteiger partial charge in [-0.15, -0.1) is 0 Å². The molecule has 19 heavy (non-hydrogen) atoms. The summed E-state index contributed by atoms with van der Waals surface area (Å²) in [7, 11) is 0. The Morgan fingerprint density at radius 3 is 2.84 bits per heavy atom. The highest BCUT2D eigenvalue weighted by atomic mass is 19.2. The van der Waals surface area contributed by atoms with Crippen molar-refractivity contribution >= 4 is 0 Å². The zero-order valence-corrected chi connectivity index (χ0v) is 11.8. The van der Waals surface area contributed by atoms with Crippen LogP contribution in [0, 0.1) is 23.5 Å².